The van der Waals surface area contributed by atoms with Crippen LogP contribution in [0.4, 0.5) is 22.7 Å². The van der Waals surface area contributed by atoms with E-state index in [4.69, 9.17) is 17.2 Å². The zero-order valence-electron chi connectivity index (χ0n) is 24.7. The van der Waals surface area contributed by atoms with E-state index in [1.807, 2.05) is 0 Å². The first-order valence-corrected chi connectivity index (χ1v) is 27.4. The van der Waals surface area contributed by atoms with Crippen molar-refractivity contribution < 1.29 is 17.6 Å². The van der Waals surface area contributed by atoms with E-state index in [1.54, 1.807) is 0 Å². The topological polar surface area (TPSA) is 6.48 Å². The van der Waals surface area contributed by atoms with Crippen LogP contribution in [0.25, 0.3) is 11.1 Å². The molecule has 5 heteroatoms. The van der Waals surface area contributed by atoms with Crippen molar-refractivity contribution >= 4 is 51.1 Å². The Hall–Kier alpha value is -3.11. The molecule has 212 valence electrons. The first-order valence-electron chi connectivity index (χ1n) is 14.9. The maximum absolute atomic E-state index is 8.09. The molecule has 0 saturated heterocycles. The van der Waals surface area contributed by atoms with E-state index in [0.717, 1.165) is 0 Å². The fourth-order valence-electron chi connectivity index (χ4n) is 7.91. The van der Waals surface area contributed by atoms with Crippen LogP contribution in [-0.4, -0.2) is 12.1 Å². The number of hydrogen-bond acceptors (Lipinski definition) is 2. The van der Waals surface area contributed by atoms with Gasteiger partial charge in [-0.05, 0) is 0 Å². The molecule has 43 heavy (non-hydrogen) atoms. The van der Waals surface area contributed by atoms with Gasteiger partial charge in [-0.25, -0.2) is 0 Å². The SMILES string of the molecule is CC1=C(C)C2C(=[C]1[Hf]([Cl])([Cl])[C]1=C3c4ccccc4N(c4ccccc4)C3C(C)=C1C)c1ccccc1N2c1ccccc1. The van der Waals surface area contributed by atoms with Crippen LogP contribution in [-0.2, 0) is 17.6 Å². The molecule has 4 aromatic rings. The second-order valence-corrected chi connectivity index (χ2v) is 30.6. The molecule has 0 spiro atoms. The number of halogens is 2. The molecular formula is C38H32Cl2HfN2. The van der Waals surface area contributed by atoms with Crippen LogP contribution in [0.5, 0.6) is 0 Å². The van der Waals surface area contributed by atoms with Crippen molar-refractivity contribution in [3.63, 3.8) is 0 Å². The number of rotatable bonds is 4. The Kier molecular flexibility index (Phi) is 6.35. The summed E-state index contributed by atoms with van der Waals surface area (Å²) in [6, 6.07) is 39.2. The molecule has 4 aromatic carbocycles. The normalized spacial score (nSPS) is 20.8. The van der Waals surface area contributed by atoms with Gasteiger partial charge in [0.2, 0.25) is 0 Å². The van der Waals surface area contributed by atoms with Gasteiger partial charge >= 0.3 is 268 Å². The Labute approximate surface area is 265 Å². The molecule has 0 N–H and O–H groups in total. The molecule has 2 atom stereocenters. The fraction of sp³-hybridized carbons (Fsp3) is 0.158. The van der Waals surface area contributed by atoms with Gasteiger partial charge < -0.3 is 0 Å². The van der Waals surface area contributed by atoms with E-state index in [2.05, 4.69) is 147 Å². The Morgan fingerprint density at radius 1 is 0.488 bits per heavy atom. The molecule has 2 unspecified atom stereocenters. The van der Waals surface area contributed by atoms with Crippen LogP contribution in [0.3, 0.4) is 0 Å². The summed E-state index contributed by atoms with van der Waals surface area (Å²) < 4.78 is 2.49. The summed E-state index contributed by atoms with van der Waals surface area (Å²) in [6.45, 7) is 9.06. The number of nitrogens with zero attached hydrogens (tertiary/aromatic N) is 2. The van der Waals surface area contributed by atoms with Gasteiger partial charge in [-0.2, -0.15) is 0 Å². The molecule has 0 saturated carbocycles. The first-order chi connectivity index (χ1) is 20.8. The molecule has 0 radical (unpaired) electrons. The van der Waals surface area contributed by atoms with Crippen molar-refractivity contribution in [2.24, 2.45) is 0 Å². The standard InChI is InChI=1S/2C19H16N.2ClH.Hf/c2*1-13-12-17-16-10-6-7-11-18(16)20(19(17)14(13)2)15-8-4-3-5-9-15;;;/h2*3-11,19H,1-2H3;2*1H;/q;;;;+2/p-2. The van der Waals surface area contributed by atoms with Crippen LogP contribution in [0.15, 0.2) is 138 Å². The molecular weight excluding hydrogens is 734 g/mol. The summed E-state index contributed by atoms with van der Waals surface area (Å²) >= 11 is -4.50. The number of fused-ring (bicyclic) bond motifs is 6. The van der Waals surface area contributed by atoms with E-state index in [-0.39, 0.29) is 12.1 Å². The van der Waals surface area contributed by atoms with Crippen molar-refractivity contribution in [1.82, 2.24) is 0 Å². The number of benzene rings is 4. The molecule has 2 aliphatic carbocycles. The fourth-order valence-corrected chi connectivity index (χ4v) is 26.0. The number of para-hydroxylation sites is 4. The van der Waals surface area contributed by atoms with Gasteiger partial charge in [-0.1, -0.05) is 0 Å². The van der Waals surface area contributed by atoms with Gasteiger partial charge in [-0.3, -0.25) is 0 Å². The summed E-state index contributed by atoms with van der Waals surface area (Å²) in [5.74, 6) is 0. The molecule has 0 amide bonds. The molecule has 0 fully saturated rings. The Bertz CT molecular complexity index is 1810. The van der Waals surface area contributed by atoms with Crippen molar-refractivity contribution in [2.45, 2.75) is 39.8 Å². The summed E-state index contributed by atoms with van der Waals surface area (Å²) in [6.07, 6.45) is 0. The van der Waals surface area contributed by atoms with Crippen LogP contribution in [0.2, 0.25) is 0 Å². The van der Waals surface area contributed by atoms with Gasteiger partial charge in [0.25, 0.3) is 0 Å². The zero-order valence-corrected chi connectivity index (χ0v) is 29.8. The average molecular weight is 766 g/mol. The third kappa shape index (κ3) is 3.74. The predicted octanol–water partition coefficient (Wildman–Crippen LogP) is 11.0. The van der Waals surface area contributed by atoms with Crippen molar-refractivity contribution in [1.29, 1.82) is 0 Å². The molecule has 0 aromatic heterocycles. The van der Waals surface area contributed by atoms with Gasteiger partial charge in [0.1, 0.15) is 0 Å². The van der Waals surface area contributed by atoms with E-state index in [1.165, 1.54) is 74.0 Å². The third-order valence-corrected chi connectivity index (χ3v) is 25.3. The van der Waals surface area contributed by atoms with Gasteiger partial charge in [0, 0.05) is 0 Å². The summed E-state index contributed by atoms with van der Waals surface area (Å²) in [4.78, 5) is 4.97. The maximum atomic E-state index is 8.09. The summed E-state index contributed by atoms with van der Waals surface area (Å²) in [5, 5.41) is 0. The Morgan fingerprint density at radius 3 is 1.23 bits per heavy atom. The van der Waals surface area contributed by atoms with Crippen LogP contribution in [0.1, 0.15) is 38.8 Å². The monoisotopic (exact) mass is 766 g/mol. The Balaban J connectivity index is 1.38. The van der Waals surface area contributed by atoms with Gasteiger partial charge in [0.05, 0.1) is 0 Å². The second-order valence-electron chi connectivity index (χ2n) is 12.0. The van der Waals surface area contributed by atoms with E-state index < -0.39 is 17.6 Å². The predicted molar refractivity (Wildman–Crippen MR) is 180 cm³/mol. The molecule has 8 rings (SSSR count). The number of allylic oxidation sites excluding steroid dienone is 4. The zero-order chi connectivity index (χ0) is 29.6. The van der Waals surface area contributed by atoms with Gasteiger partial charge in [-0.15, -0.1) is 0 Å². The third-order valence-electron chi connectivity index (χ3n) is 9.96. The van der Waals surface area contributed by atoms with Crippen molar-refractivity contribution in [3.8, 4) is 0 Å². The quantitative estimate of drug-likeness (QED) is 0.191. The number of hydrogen-bond donors (Lipinski definition) is 0. The minimum absolute atomic E-state index is 0.0940. The Morgan fingerprint density at radius 2 is 0.837 bits per heavy atom. The van der Waals surface area contributed by atoms with E-state index in [0.29, 0.717) is 0 Å². The van der Waals surface area contributed by atoms with Crippen molar-refractivity contribution in [3.05, 3.63) is 149 Å². The average Bonchev–Trinajstić information content (AvgIpc) is 3.70. The van der Waals surface area contributed by atoms with Crippen LogP contribution in [0, 0.1) is 0 Å². The van der Waals surface area contributed by atoms with E-state index >= 15 is 0 Å². The summed E-state index contributed by atoms with van der Waals surface area (Å²) in [5.41, 5.74) is 15.2. The van der Waals surface area contributed by atoms with Crippen LogP contribution < -0.4 is 9.80 Å². The number of anilines is 4. The summed E-state index contributed by atoms with van der Waals surface area (Å²) in [7, 11) is 16.2. The van der Waals surface area contributed by atoms with Gasteiger partial charge in [0.15, 0.2) is 0 Å². The van der Waals surface area contributed by atoms with Crippen molar-refractivity contribution in [2.75, 3.05) is 9.80 Å². The second kappa shape index (κ2) is 9.96. The molecule has 2 heterocycles. The molecule has 4 aliphatic rings. The molecule has 2 aliphatic heterocycles. The molecule has 2 nitrogen and oxygen atoms in total. The van der Waals surface area contributed by atoms with E-state index in [9.17, 15) is 0 Å². The first kappa shape index (κ1) is 27.4. The van der Waals surface area contributed by atoms with Crippen LogP contribution >= 0.6 is 17.2 Å². The minimum atomic E-state index is -4.50. The molecule has 0 bridgehead atoms.